The average Bonchev–Trinajstić information content (AvgIpc) is 2.64. The molecule has 8 heteroatoms. The molecule has 1 N–H and O–H groups in total. The Morgan fingerprint density at radius 3 is 2.64 bits per heavy atom. The van der Waals surface area contributed by atoms with Crippen LogP contribution in [-0.4, -0.2) is 17.3 Å². The van der Waals surface area contributed by atoms with Crippen LogP contribution in [-0.2, 0) is 0 Å². The number of fused-ring (bicyclic) bond motifs is 1. The van der Waals surface area contributed by atoms with Gasteiger partial charge in [-0.25, -0.2) is 4.39 Å². The van der Waals surface area contributed by atoms with Crippen molar-refractivity contribution in [3.8, 4) is 5.75 Å². The molecule has 4 nitrogen and oxygen atoms in total. The monoisotopic (exact) mass is 392 g/mol. The Hall–Kier alpha value is -3.16. The van der Waals surface area contributed by atoms with Crippen molar-refractivity contribution >= 4 is 16.8 Å². The number of ether oxygens (including phenoxy) is 1. The largest absolute Gasteiger partial charge is 0.573 e. The molecular weight excluding hydrogens is 376 g/mol. The Labute approximate surface area is 158 Å². The van der Waals surface area contributed by atoms with Crippen molar-refractivity contribution in [3.05, 3.63) is 71.7 Å². The number of rotatable bonds is 5. The van der Waals surface area contributed by atoms with E-state index in [1.54, 1.807) is 25.1 Å². The Morgan fingerprint density at radius 2 is 1.93 bits per heavy atom. The maximum absolute atomic E-state index is 13.9. The first-order valence-corrected chi connectivity index (χ1v) is 8.48. The van der Waals surface area contributed by atoms with E-state index in [4.69, 9.17) is 0 Å². The first-order chi connectivity index (χ1) is 13.3. The molecule has 0 aliphatic carbocycles. The number of para-hydroxylation sites is 1. The summed E-state index contributed by atoms with van der Waals surface area (Å²) in [7, 11) is 0. The molecule has 1 amide bonds. The number of benzene rings is 2. The predicted octanol–water partition coefficient (Wildman–Crippen LogP) is 5.15. The lowest BCUT2D eigenvalue weighted by molar-refractivity contribution is -0.275. The van der Waals surface area contributed by atoms with Gasteiger partial charge in [0.05, 0.1) is 17.1 Å². The van der Waals surface area contributed by atoms with E-state index in [2.05, 4.69) is 15.0 Å². The Morgan fingerprint density at radius 1 is 1.18 bits per heavy atom. The highest BCUT2D eigenvalue weighted by Gasteiger charge is 2.33. The molecule has 28 heavy (non-hydrogen) atoms. The molecule has 0 aliphatic heterocycles. The van der Waals surface area contributed by atoms with Crippen molar-refractivity contribution in [2.45, 2.75) is 25.7 Å². The van der Waals surface area contributed by atoms with Crippen LogP contribution in [0.25, 0.3) is 10.9 Å². The average molecular weight is 392 g/mol. The van der Waals surface area contributed by atoms with Gasteiger partial charge in [-0.3, -0.25) is 9.78 Å². The topological polar surface area (TPSA) is 51.2 Å². The fourth-order valence-corrected chi connectivity index (χ4v) is 2.95. The Balaban J connectivity index is 1.94. The van der Waals surface area contributed by atoms with Crippen LogP contribution in [0.3, 0.4) is 0 Å². The van der Waals surface area contributed by atoms with Gasteiger partial charge in [0.15, 0.2) is 0 Å². The molecule has 146 valence electrons. The summed E-state index contributed by atoms with van der Waals surface area (Å²) in [6, 6.07) is 10.3. The lowest BCUT2D eigenvalue weighted by atomic mass is 10.0. The summed E-state index contributed by atoms with van der Waals surface area (Å²) in [5, 5.41) is 3.10. The zero-order chi connectivity index (χ0) is 20.3. The second kappa shape index (κ2) is 7.84. The van der Waals surface area contributed by atoms with Crippen molar-refractivity contribution in [3.63, 3.8) is 0 Å². The SMILES string of the molecule is CCC(NC(=O)c1cc(F)cc2cccnc12)c1ccccc1OC(F)(F)F. The molecule has 0 bridgehead atoms. The number of amides is 1. The zero-order valence-electron chi connectivity index (χ0n) is 14.8. The van der Waals surface area contributed by atoms with Gasteiger partial charge in [0.1, 0.15) is 11.6 Å². The van der Waals surface area contributed by atoms with Crippen LogP contribution in [0.5, 0.6) is 5.75 Å². The van der Waals surface area contributed by atoms with Crippen LogP contribution in [0.4, 0.5) is 17.6 Å². The number of pyridine rings is 1. The minimum Gasteiger partial charge on any atom is -0.405 e. The number of nitrogens with zero attached hydrogens (tertiary/aromatic N) is 1. The maximum Gasteiger partial charge on any atom is 0.573 e. The van der Waals surface area contributed by atoms with E-state index in [-0.39, 0.29) is 11.1 Å². The fraction of sp³-hybridized carbons (Fsp3) is 0.200. The maximum atomic E-state index is 13.9. The van der Waals surface area contributed by atoms with E-state index >= 15 is 0 Å². The Bertz CT molecular complexity index is 1000. The van der Waals surface area contributed by atoms with Crippen LogP contribution in [0.1, 0.15) is 35.3 Å². The summed E-state index contributed by atoms with van der Waals surface area (Å²) in [5.74, 6) is -1.65. The van der Waals surface area contributed by atoms with Crippen LogP contribution in [0.15, 0.2) is 54.7 Å². The summed E-state index contributed by atoms with van der Waals surface area (Å²) in [6.07, 6.45) is -3.09. The van der Waals surface area contributed by atoms with Crippen LogP contribution in [0.2, 0.25) is 0 Å². The molecule has 1 atom stereocenters. The third-order valence-electron chi connectivity index (χ3n) is 4.15. The highest BCUT2D eigenvalue weighted by Crippen LogP contribution is 2.32. The summed E-state index contributed by atoms with van der Waals surface area (Å²) in [4.78, 5) is 16.9. The molecule has 0 aliphatic rings. The summed E-state index contributed by atoms with van der Waals surface area (Å²) in [6.45, 7) is 1.71. The van der Waals surface area contributed by atoms with Crippen molar-refractivity contribution in [2.75, 3.05) is 0 Å². The van der Waals surface area contributed by atoms with Crippen molar-refractivity contribution in [2.24, 2.45) is 0 Å². The highest BCUT2D eigenvalue weighted by atomic mass is 19.4. The first-order valence-electron chi connectivity index (χ1n) is 8.48. The molecule has 1 unspecified atom stereocenters. The van der Waals surface area contributed by atoms with Gasteiger partial charge in [-0.2, -0.15) is 0 Å². The van der Waals surface area contributed by atoms with Gasteiger partial charge in [-0.15, -0.1) is 13.2 Å². The lowest BCUT2D eigenvalue weighted by Gasteiger charge is -2.21. The van der Waals surface area contributed by atoms with Crippen LogP contribution >= 0.6 is 0 Å². The second-order valence-electron chi connectivity index (χ2n) is 6.05. The van der Waals surface area contributed by atoms with E-state index in [0.29, 0.717) is 17.3 Å². The molecule has 3 rings (SSSR count). The standard InChI is InChI=1S/C20H16F4N2O2/c1-2-16(14-7-3-4-8-17(14)28-20(22,23)24)26-19(27)15-11-13(21)10-12-6-5-9-25-18(12)15/h3-11,16H,2H2,1H3,(H,26,27). The minimum absolute atomic E-state index is 0.00303. The van der Waals surface area contributed by atoms with Gasteiger partial charge in [0, 0.05) is 17.1 Å². The van der Waals surface area contributed by atoms with E-state index in [1.807, 2.05) is 0 Å². The number of hydrogen-bond donors (Lipinski definition) is 1. The second-order valence-corrected chi connectivity index (χ2v) is 6.05. The number of hydrogen-bond acceptors (Lipinski definition) is 3. The summed E-state index contributed by atoms with van der Waals surface area (Å²) < 4.78 is 56.0. The third kappa shape index (κ3) is 4.39. The van der Waals surface area contributed by atoms with Crippen LogP contribution in [0, 0.1) is 5.82 Å². The molecule has 0 saturated heterocycles. The van der Waals surface area contributed by atoms with E-state index in [9.17, 15) is 22.4 Å². The van der Waals surface area contributed by atoms with Gasteiger partial charge < -0.3 is 10.1 Å². The molecule has 0 fully saturated rings. The number of alkyl halides is 3. The predicted molar refractivity (Wildman–Crippen MR) is 95.3 cm³/mol. The van der Waals surface area contributed by atoms with E-state index in [1.165, 1.54) is 30.5 Å². The molecule has 3 aromatic rings. The minimum atomic E-state index is -4.86. The van der Waals surface area contributed by atoms with Gasteiger partial charge in [-0.05, 0) is 30.7 Å². The quantitative estimate of drug-likeness (QED) is 0.611. The number of carbonyl (C=O) groups excluding carboxylic acids is 1. The zero-order valence-corrected chi connectivity index (χ0v) is 14.8. The molecule has 0 saturated carbocycles. The molecule has 0 radical (unpaired) electrons. The molecule has 1 aromatic heterocycles. The normalized spacial score (nSPS) is 12.6. The van der Waals surface area contributed by atoms with Gasteiger partial charge in [0.25, 0.3) is 5.91 Å². The van der Waals surface area contributed by atoms with Crippen molar-refractivity contribution in [1.29, 1.82) is 0 Å². The molecule has 2 aromatic carbocycles. The number of carbonyl (C=O) groups is 1. The number of aromatic nitrogens is 1. The Kier molecular flexibility index (Phi) is 5.48. The molecular formula is C20H16F4N2O2. The lowest BCUT2D eigenvalue weighted by Crippen LogP contribution is -2.29. The summed E-state index contributed by atoms with van der Waals surface area (Å²) >= 11 is 0. The smallest absolute Gasteiger partial charge is 0.405 e. The van der Waals surface area contributed by atoms with E-state index < -0.39 is 29.9 Å². The highest BCUT2D eigenvalue weighted by molar-refractivity contribution is 6.05. The van der Waals surface area contributed by atoms with E-state index in [0.717, 1.165) is 6.07 Å². The van der Waals surface area contributed by atoms with Crippen molar-refractivity contribution < 1.29 is 27.1 Å². The first kappa shape index (κ1) is 19.6. The molecule has 1 heterocycles. The summed E-state index contributed by atoms with van der Waals surface area (Å²) in [5.41, 5.74) is 0.476. The third-order valence-corrected chi connectivity index (χ3v) is 4.15. The number of nitrogens with one attached hydrogen (secondary N) is 1. The van der Waals surface area contributed by atoms with Crippen molar-refractivity contribution in [1.82, 2.24) is 10.3 Å². The fourth-order valence-electron chi connectivity index (χ4n) is 2.95. The van der Waals surface area contributed by atoms with Crippen LogP contribution < -0.4 is 10.1 Å². The number of halogens is 4. The van der Waals surface area contributed by atoms with Gasteiger partial charge in [-0.1, -0.05) is 31.2 Å². The van der Waals surface area contributed by atoms with Gasteiger partial charge >= 0.3 is 6.36 Å². The van der Waals surface area contributed by atoms with Gasteiger partial charge in [0.2, 0.25) is 0 Å². The molecule has 0 spiro atoms.